The maximum absolute atomic E-state index is 13.2. The predicted molar refractivity (Wildman–Crippen MR) is 114 cm³/mol. The van der Waals surface area contributed by atoms with Crippen LogP contribution in [-0.4, -0.2) is 45.4 Å². The van der Waals surface area contributed by atoms with Gasteiger partial charge in [0.25, 0.3) is 0 Å². The van der Waals surface area contributed by atoms with Gasteiger partial charge in [-0.2, -0.15) is 4.31 Å². The molecule has 162 valence electrons. The van der Waals surface area contributed by atoms with E-state index in [4.69, 9.17) is 26.8 Å². The highest BCUT2D eigenvalue weighted by molar-refractivity contribution is 7.89. The van der Waals surface area contributed by atoms with Crippen LogP contribution in [0.25, 0.3) is 0 Å². The molecule has 1 aliphatic rings. The second-order valence-electron chi connectivity index (χ2n) is 7.51. The largest absolute Gasteiger partial charge is 0.497 e. The number of benzene rings is 2. The summed E-state index contributed by atoms with van der Waals surface area (Å²) in [5, 5.41) is 0.530. The molecule has 0 radical (unpaired) electrons. The lowest BCUT2D eigenvalue weighted by Crippen LogP contribution is -2.50. The van der Waals surface area contributed by atoms with Gasteiger partial charge in [-0.25, -0.2) is 8.42 Å². The van der Waals surface area contributed by atoms with Crippen LogP contribution in [0.3, 0.4) is 0 Å². The lowest BCUT2D eigenvalue weighted by atomic mass is 9.78. The normalized spacial score (nSPS) is 19.9. The number of primary amides is 1. The van der Waals surface area contributed by atoms with Crippen molar-refractivity contribution in [1.82, 2.24) is 4.31 Å². The van der Waals surface area contributed by atoms with E-state index in [0.717, 1.165) is 0 Å². The van der Waals surface area contributed by atoms with Gasteiger partial charge in [-0.15, -0.1) is 0 Å². The van der Waals surface area contributed by atoms with Gasteiger partial charge in [0.2, 0.25) is 15.9 Å². The second-order valence-corrected chi connectivity index (χ2v) is 9.88. The van der Waals surface area contributed by atoms with Gasteiger partial charge in [0.1, 0.15) is 11.5 Å². The molecule has 2 aromatic carbocycles. The Labute approximate surface area is 181 Å². The molecule has 0 aromatic heterocycles. The minimum absolute atomic E-state index is 0.0255. The molecule has 9 heteroatoms. The average Bonchev–Trinajstić information content (AvgIpc) is 2.72. The molecular weight excluding hydrogens is 428 g/mol. The smallest absolute Gasteiger partial charge is 0.243 e. The zero-order chi connectivity index (χ0) is 21.8. The number of nitrogens with zero attached hydrogens (tertiary/aromatic N) is 1. The standard InChI is InChI=1S/C21H25ClN2O5S/c1-28-17-6-3-8-19(12-17)30(26,27)24-10-4-9-21(14-24,13-20(23)25)15-29-18-7-2-5-16(22)11-18/h2-3,5-8,11-12H,4,9-10,13-15H2,1H3,(H2,23,25). The Bertz CT molecular complexity index is 1010. The molecule has 7 nitrogen and oxygen atoms in total. The minimum atomic E-state index is -3.77. The molecule has 2 aromatic rings. The minimum Gasteiger partial charge on any atom is -0.497 e. The molecule has 1 aliphatic heterocycles. The Hall–Kier alpha value is -2.29. The number of hydrogen-bond acceptors (Lipinski definition) is 5. The van der Waals surface area contributed by atoms with E-state index < -0.39 is 21.3 Å². The molecule has 1 atom stereocenters. The molecule has 0 bridgehead atoms. The van der Waals surface area contributed by atoms with Crippen LogP contribution in [0.1, 0.15) is 19.3 Å². The Morgan fingerprint density at radius 3 is 2.63 bits per heavy atom. The first-order valence-electron chi connectivity index (χ1n) is 9.55. The van der Waals surface area contributed by atoms with Crippen molar-refractivity contribution in [3.05, 3.63) is 53.6 Å². The van der Waals surface area contributed by atoms with Crippen LogP contribution < -0.4 is 15.2 Å². The molecule has 0 aliphatic carbocycles. The maximum Gasteiger partial charge on any atom is 0.243 e. The van der Waals surface area contributed by atoms with Crippen molar-refractivity contribution in [2.45, 2.75) is 24.2 Å². The zero-order valence-electron chi connectivity index (χ0n) is 16.7. The topological polar surface area (TPSA) is 98.9 Å². The highest BCUT2D eigenvalue weighted by Gasteiger charge is 2.42. The van der Waals surface area contributed by atoms with E-state index in [-0.39, 0.29) is 24.5 Å². The number of amides is 1. The van der Waals surface area contributed by atoms with Crippen LogP contribution in [0.5, 0.6) is 11.5 Å². The van der Waals surface area contributed by atoms with Crippen molar-refractivity contribution < 1.29 is 22.7 Å². The van der Waals surface area contributed by atoms with E-state index in [0.29, 0.717) is 35.9 Å². The summed E-state index contributed by atoms with van der Waals surface area (Å²) in [6, 6.07) is 13.3. The number of nitrogens with two attached hydrogens (primary N) is 1. The zero-order valence-corrected chi connectivity index (χ0v) is 18.3. The summed E-state index contributed by atoms with van der Waals surface area (Å²) in [4.78, 5) is 12.0. The van der Waals surface area contributed by atoms with Gasteiger partial charge in [-0.05, 0) is 43.2 Å². The first-order chi connectivity index (χ1) is 14.2. The van der Waals surface area contributed by atoms with Gasteiger partial charge in [-0.3, -0.25) is 4.79 Å². The van der Waals surface area contributed by atoms with Crippen LogP contribution in [0.2, 0.25) is 5.02 Å². The molecule has 1 heterocycles. The number of carbonyl (C=O) groups excluding carboxylic acids is 1. The lowest BCUT2D eigenvalue weighted by molar-refractivity contribution is -0.121. The second kappa shape index (κ2) is 9.24. The third kappa shape index (κ3) is 5.24. The number of ether oxygens (including phenoxy) is 2. The number of hydrogen-bond donors (Lipinski definition) is 1. The van der Waals surface area contributed by atoms with Gasteiger partial charge in [0, 0.05) is 36.0 Å². The van der Waals surface area contributed by atoms with Crippen molar-refractivity contribution in [2.24, 2.45) is 11.1 Å². The molecule has 0 spiro atoms. The summed E-state index contributed by atoms with van der Waals surface area (Å²) in [5.74, 6) is 0.519. The highest BCUT2D eigenvalue weighted by atomic mass is 35.5. The van der Waals surface area contributed by atoms with Gasteiger partial charge < -0.3 is 15.2 Å². The fraction of sp³-hybridized carbons (Fsp3) is 0.381. The van der Waals surface area contributed by atoms with Crippen LogP contribution >= 0.6 is 11.6 Å². The van der Waals surface area contributed by atoms with E-state index >= 15 is 0 Å². The highest BCUT2D eigenvalue weighted by Crippen LogP contribution is 2.37. The predicted octanol–water partition coefficient (Wildman–Crippen LogP) is 3.07. The molecule has 3 rings (SSSR count). The first-order valence-corrected chi connectivity index (χ1v) is 11.4. The van der Waals surface area contributed by atoms with Crippen LogP contribution in [0.15, 0.2) is 53.4 Å². The molecule has 1 unspecified atom stereocenters. The maximum atomic E-state index is 13.2. The SMILES string of the molecule is COc1cccc(S(=O)(=O)N2CCCC(COc3cccc(Cl)c3)(CC(N)=O)C2)c1. The number of carbonyl (C=O) groups is 1. The third-order valence-corrected chi connectivity index (χ3v) is 7.27. The Morgan fingerprint density at radius 1 is 1.20 bits per heavy atom. The van der Waals surface area contributed by atoms with E-state index in [1.807, 2.05) is 0 Å². The van der Waals surface area contributed by atoms with E-state index in [2.05, 4.69) is 0 Å². The molecule has 1 amide bonds. The van der Waals surface area contributed by atoms with Crippen LogP contribution in [0.4, 0.5) is 0 Å². The number of sulfonamides is 1. The molecule has 1 saturated heterocycles. The molecular formula is C21H25ClN2O5S. The van der Waals surface area contributed by atoms with Crippen LogP contribution in [-0.2, 0) is 14.8 Å². The summed E-state index contributed by atoms with van der Waals surface area (Å²) < 4.78 is 38.9. The van der Waals surface area contributed by atoms with Gasteiger partial charge in [0.15, 0.2) is 0 Å². The number of methoxy groups -OCH3 is 1. The Balaban J connectivity index is 1.84. The van der Waals surface area contributed by atoms with Crippen molar-refractivity contribution in [3.8, 4) is 11.5 Å². The monoisotopic (exact) mass is 452 g/mol. The van der Waals surface area contributed by atoms with Gasteiger partial charge in [-0.1, -0.05) is 23.7 Å². The van der Waals surface area contributed by atoms with Crippen molar-refractivity contribution in [2.75, 3.05) is 26.8 Å². The summed E-state index contributed by atoms with van der Waals surface area (Å²) >= 11 is 6.01. The summed E-state index contributed by atoms with van der Waals surface area (Å²) in [5.41, 5.74) is 4.78. The molecule has 1 fully saturated rings. The van der Waals surface area contributed by atoms with Crippen molar-refractivity contribution in [3.63, 3.8) is 0 Å². The third-order valence-electron chi connectivity index (χ3n) is 5.20. The summed E-state index contributed by atoms with van der Waals surface area (Å²) in [6.07, 6.45) is 1.24. The van der Waals surface area contributed by atoms with Crippen molar-refractivity contribution in [1.29, 1.82) is 0 Å². The van der Waals surface area contributed by atoms with E-state index in [1.165, 1.54) is 23.5 Å². The van der Waals surface area contributed by atoms with Crippen molar-refractivity contribution >= 4 is 27.5 Å². The fourth-order valence-electron chi connectivity index (χ4n) is 3.75. The fourth-order valence-corrected chi connectivity index (χ4v) is 5.56. The Kier molecular flexibility index (Phi) is 6.90. The summed E-state index contributed by atoms with van der Waals surface area (Å²) in [7, 11) is -2.28. The first kappa shape index (κ1) is 22.4. The number of halogens is 1. The molecule has 2 N–H and O–H groups in total. The van der Waals surface area contributed by atoms with E-state index in [9.17, 15) is 13.2 Å². The number of piperidine rings is 1. The van der Waals surface area contributed by atoms with Gasteiger partial charge in [0.05, 0.1) is 18.6 Å². The Morgan fingerprint density at radius 2 is 1.93 bits per heavy atom. The van der Waals surface area contributed by atoms with Crippen LogP contribution in [0, 0.1) is 5.41 Å². The lowest BCUT2D eigenvalue weighted by Gasteiger charge is -2.41. The summed E-state index contributed by atoms with van der Waals surface area (Å²) in [6.45, 7) is 0.647. The average molecular weight is 453 g/mol. The molecule has 30 heavy (non-hydrogen) atoms. The molecule has 0 saturated carbocycles. The quantitative estimate of drug-likeness (QED) is 0.663. The van der Waals surface area contributed by atoms with Gasteiger partial charge >= 0.3 is 0 Å². The number of rotatable bonds is 8. The van der Waals surface area contributed by atoms with E-state index in [1.54, 1.807) is 36.4 Å².